The maximum absolute atomic E-state index is 12.9. The molecular weight excluding hydrogens is 342 g/mol. The second kappa shape index (κ2) is 7.25. The van der Waals surface area contributed by atoms with Gasteiger partial charge in [-0.25, -0.2) is 4.79 Å². The summed E-state index contributed by atoms with van der Waals surface area (Å²) in [7, 11) is 0. The second-order valence-electron chi connectivity index (χ2n) is 6.04. The van der Waals surface area contributed by atoms with Gasteiger partial charge in [-0.15, -0.1) is 0 Å². The number of carbonyl (C=O) groups is 2. The van der Waals surface area contributed by atoms with Gasteiger partial charge in [-0.3, -0.25) is 4.79 Å². The number of benzene rings is 2. The Hall–Kier alpha value is -2.37. The van der Waals surface area contributed by atoms with E-state index in [0.717, 1.165) is 11.1 Å². The van der Waals surface area contributed by atoms with Gasteiger partial charge in [0.2, 0.25) is 0 Å². The highest BCUT2D eigenvalue weighted by Crippen LogP contribution is 2.27. The van der Waals surface area contributed by atoms with Gasteiger partial charge >= 0.3 is 5.97 Å². The molecule has 0 saturated carbocycles. The summed E-state index contributed by atoms with van der Waals surface area (Å²) in [5.41, 5.74) is 2.22. The van der Waals surface area contributed by atoms with Crippen molar-refractivity contribution in [2.45, 2.75) is 19.1 Å². The Labute approximate surface area is 150 Å². The molecule has 130 valence electrons. The standard InChI is InChI=1S/C19H18ClNO4/c1-12-10-21(11-17(25-12)19(23)24)18(22)15-9-14(7-8-16(15)20)13-5-3-2-4-6-13/h2-9,12,17H,10-11H2,1H3,(H,23,24)/t12-,17?/m1/s1. The number of halogens is 1. The summed E-state index contributed by atoms with van der Waals surface area (Å²) >= 11 is 6.24. The molecule has 5 nitrogen and oxygen atoms in total. The Kier molecular flexibility index (Phi) is 5.06. The Morgan fingerprint density at radius 2 is 1.84 bits per heavy atom. The number of hydrogen-bond donors (Lipinski definition) is 1. The maximum atomic E-state index is 12.9. The van der Waals surface area contributed by atoms with Crippen LogP contribution in [0.5, 0.6) is 0 Å². The average Bonchev–Trinajstić information content (AvgIpc) is 2.61. The molecule has 2 aromatic rings. The highest BCUT2D eigenvalue weighted by atomic mass is 35.5. The first-order valence-corrected chi connectivity index (χ1v) is 8.36. The molecule has 1 fully saturated rings. The van der Waals surface area contributed by atoms with E-state index in [-0.39, 0.29) is 18.6 Å². The van der Waals surface area contributed by atoms with E-state index in [1.807, 2.05) is 36.4 Å². The Balaban J connectivity index is 1.90. The summed E-state index contributed by atoms with van der Waals surface area (Å²) < 4.78 is 5.36. The van der Waals surface area contributed by atoms with Crippen LogP contribution in [0.25, 0.3) is 11.1 Å². The lowest BCUT2D eigenvalue weighted by molar-refractivity contribution is -0.160. The number of ether oxygens (including phenoxy) is 1. The lowest BCUT2D eigenvalue weighted by Crippen LogP contribution is -2.51. The molecule has 1 aliphatic heterocycles. The van der Waals surface area contributed by atoms with Crippen molar-refractivity contribution in [3.05, 3.63) is 59.1 Å². The number of carboxylic acids is 1. The van der Waals surface area contributed by atoms with E-state index in [4.69, 9.17) is 16.3 Å². The van der Waals surface area contributed by atoms with E-state index < -0.39 is 12.1 Å². The molecule has 2 aromatic carbocycles. The predicted octanol–water partition coefficient (Wildman–Crippen LogP) is 3.32. The van der Waals surface area contributed by atoms with Crippen LogP contribution in [0, 0.1) is 0 Å². The number of hydrogen-bond acceptors (Lipinski definition) is 3. The topological polar surface area (TPSA) is 66.8 Å². The van der Waals surface area contributed by atoms with Crippen molar-refractivity contribution >= 4 is 23.5 Å². The molecule has 0 aromatic heterocycles. The number of amides is 1. The van der Waals surface area contributed by atoms with Gasteiger partial charge in [0.05, 0.1) is 23.2 Å². The number of morpholine rings is 1. The third-order valence-corrected chi connectivity index (χ3v) is 4.46. The normalized spacial score (nSPS) is 20.3. The van der Waals surface area contributed by atoms with Crippen molar-refractivity contribution in [3.63, 3.8) is 0 Å². The van der Waals surface area contributed by atoms with Gasteiger partial charge in [-0.2, -0.15) is 0 Å². The summed E-state index contributed by atoms with van der Waals surface area (Å²) in [6.45, 7) is 2.08. The lowest BCUT2D eigenvalue weighted by atomic mass is 10.0. The van der Waals surface area contributed by atoms with Crippen LogP contribution in [0.2, 0.25) is 5.02 Å². The van der Waals surface area contributed by atoms with Gasteiger partial charge in [0.15, 0.2) is 6.10 Å². The molecule has 0 radical (unpaired) electrons. The Bertz CT molecular complexity index is 793. The summed E-state index contributed by atoms with van der Waals surface area (Å²) in [5, 5.41) is 9.53. The molecule has 1 heterocycles. The molecule has 0 aliphatic carbocycles. The monoisotopic (exact) mass is 359 g/mol. The quantitative estimate of drug-likeness (QED) is 0.912. The number of carboxylic acid groups (broad SMARTS) is 1. The van der Waals surface area contributed by atoms with Gasteiger partial charge in [0.25, 0.3) is 5.91 Å². The van der Waals surface area contributed by atoms with Crippen LogP contribution >= 0.6 is 11.6 Å². The van der Waals surface area contributed by atoms with Gasteiger partial charge in [-0.1, -0.05) is 48.0 Å². The van der Waals surface area contributed by atoms with Crippen LogP contribution in [0.4, 0.5) is 0 Å². The van der Waals surface area contributed by atoms with E-state index in [1.165, 1.54) is 4.90 Å². The second-order valence-corrected chi connectivity index (χ2v) is 6.45. The minimum Gasteiger partial charge on any atom is -0.479 e. The fourth-order valence-electron chi connectivity index (χ4n) is 2.92. The molecule has 0 spiro atoms. The summed E-state index contributed by atoms with van der Waals surface area (Å²) in [6, 6.07) is 15.0. The van der Waals surface area contributed by atoms with Crippen LogP contribution in [0.15, 0.2) is 48.5 Å². The summed E-state index contributed by atoms with van der Waals surface area (Å²) in [4.78, 5) is 25.6. The molecule has 25 heavy (non-hydrogen) atoms. The third kappa shape index (κ3) is 3.83. The van der Waals surface area contributed by atoms with Crippen molar-refractivity contribution in [3.8, 4) is 11.1 Å². The zero-order valence-electron chi connectivity index (χ0n) is 13.7. The average molecular weight is 360 g/mol. The van der Waals surface area contributed by atoms with E-state index in [9.17, 15) is 14.7 Å². The van der Waals surface area contributed by atoms with Crippen LogP contribution in [0.1, 0.15) is 17.3 Å². The first-order valence-electron chi connectivity index (χ1n) is 7.98. The van der Waals surface area contributed by atoms with Crippen LogP contribution in [-0.4, -0.2) is 47.2 Å². The summed E-state index contributed by atoms with van der Waals surface area (Å²) in [5.74, 6) is -1.36. The lowest BCUT2D eigenvalue weighted by Gasteiger charge is -2.35. The zero-order chi connectivity index (χ0) is 18.0. The van der Waals surface area contributed by atoms with Crippen LogP contribution in [0.3, 0.4) is 0 Å². The smallest absolute Gasteiger partial charge is 0.334 e. The fraction of sp³-hybridized carbons (Fsp3) is 0.263. The number of aliphatic carboxylic acids is 1. The van der Waals surface area contributed by atoms with Gasteiger partial charge in [0.1, 0.15) is 0 Å². The molecule has 2 atom stereocenters. The minimum atomic E-state index is -1.08. The molecule has 1 saturated heterocycles. The predicted molar refractivity (Wildman–Crippen MR) is 94.8 cm³/mol. The first kappa shape index (κ1) is 17.5. The first-order chi connectivity index (χ1) is 12.0. The van der Waals surface area contributed by atoms with Crippen molar-refractivity contribution < 1.29 is 19.4 Å². The van der Waals surface area contributed by atoms with Crippen molar-refractivity contribution in [1.29, 1.82) is 0 Å². The molecule has 1 aliphatic rings. The summed E-state index contributed by atoms with van der Waals surface area (Å²) in [6.07, 6.45) is -1.38. The molecule has 0 bridgehead atoms. The van der Waals surface area contributed by atoms with E-state index in [0.29, 0.717) is 17.1 Å². The van der Waals surface area contributed by atoms with Crippen molar-refractivity contribution in [2.24, 2.45) is 0 Å². The van der Waals surface area contributed by atoms with Gasteiger partial charge in [-0.05, 0) is 30.2 Å². The third-order valence-electron chi connectivity index (χ3n) is 4.13. The number of rotatable bonds is 3. The molecular formula is C19H18ClNO4. The number of carbonyl (C=O) groups excluding carboxylic acids is 1. The van der Waals surface area contributed by atoms with Gasteiger partial charge < -0.3 is 14.7 Å². The molecule has 1 unspecified atom stereocenters. The van der Waals surface area contributed by atoms with E-state index in [1.54, 1.807) is 19.1 Å². The molecule has 1 amide bonds. The van der Waals surface area contributed by atoms with Gasteiger partial charge in [0, 0.05) is 6.54 Å². The van der Waals surface area contributed by atoms with E-state index in [2.05, 4.69) is 0 Å². The largest absolute Gasteiger partial charge is 0.479 e. The van der Waals surface area contributed by atoms with Crippen molar-refractivity contribution in [2.75, 3.05) is 13.1 Å². The van der Waals surface area contributed by atoms with Crippen LogP contribution in [-0.2, 0) is 9.53 Å². The SMILES string of the molecule is C[C@@H]1CN(C(=O)c2cc(-c3ccccc3)ccc2Cl)CC(C(=O)O)O1. The zero-order valence-corrected chi connectivity index (χ0v) is 14.4. The van der Waals surface area contributed by atoms with E-state index >= 15 is 0 Å². The minimum absolute atomic E-state index is 0.00437. The fourth-order valence-corrected chi connectivity index (χ4v) is 3.12. The molecule has 3 rings (SSSR count). The highest BCUT2D eigenvalue weighted by molar-refractivity contribution is 6.34. The Morgan fingerprint density at radius 3 is 2.52 bits per heavy atom. The maximum Gasteiger partial charge on any atom is 0.334 e. The highest BCUT2D eigenvalue weighted by Gasteiger charge is 2.33. The number of nitrogens with zero attached hydrogens (tertiary/aromatic N) is 1. The van der Waals surface area contributed by atoms with Crippen molar-refractivity contribution in [1.82, 2.24) is 4.90 Å². The van der Waals surface area contributed by atoms with Crippen LogP contribution < -0.4 is 0 Å². The molecule has 1 N–H and O–H groups in total. The molecule has 6 heteroatoms. The Morgan fingerprint density at radius 1 is 1.12 bits per heavy atom.